The Morgan fingerprint density at radius 3 is 2.16 bits per heavy atom. The van der Waals surface area contributed by atoms with Crippen LogP contribution in [0.3, 0.4) is 0 Å². The van der Waals surface area contributed by atoms with E-state index < -0.39 is 6.36 Å². The smallest absolute Gasteiger partial charge is 0.493 e. The Hall–Kier alpha value is -3.52. The maximum absolute atomic E-state index is 13.3. The monoisotopic (exact) mass is 526 g/mol. The number of likely N-dealkylation sites (tertiary alicyclic amines) is 1. The minimum Gasteiger partial charge on any atom is -0.493 e. The van der Waals surface area contributed by atoms with Gasteiger partial charge >= 0.3 is 6.36 Å². The topological polar surface area (TPSA) is 42.0 Å². The van der Waals surface area contributed by atoms with Crippen molar-refractivity contribution in [1.29, 1.82) is 0 Å². The zero-order valence-electron chi connectivity index (χ0n) is 21.5. The summed E-state index contributed by atoms with van der Waals surface area (Å²) < 4.78 is 48.1. The summed E-state index contributed by atoms with van der Waals surface area (Å²) in [6.45, 7) is 2.88. The number of nitrogens with zero attached hydrogens (tertiary/aromatic N) is 2. The average Bonchev–Trinajstić information content (AvgIpc) is 2.89. The summed E-state index contributed by atoms with van der Waals surface area (Å²) in [5.74, 6) is 0.613. The highest BCUT2D eigenvalue weighted by molar-refractivity contribution is 5.76. The molecule has 0 atom stereocenters. The lowest BCUT2D eigenvalue weighted by Gasteiger charge is -2.42. The first kappa shape index (κ1) is 27.5. The van der Waals surface area contributed by atoms with Crippen LogP contribution < -0.4 is 9.47 Å². The summed E-state index contributed by atoms with van der Waals surface area (Å²) >= 11 is 0. The van der Waals surface area contributed by atoms with Gasteiger partial charge < -0.3 is 14.4 Å². The molecule has 5 nitrogen and oxygen atoms in total. The molecule has 1 aliphatic heterocycles. The molecule has 38 heavy (non-hydrogen) atoms. The van der Waals surface area contributed by atoms with Crippen LogP contribution in [0.1, 0.15) is 30.4 Å². The van der Waals surface area contributed by atoms with Crippen molar-refractivity contribution in [2.24, 2.45) is 5.41 Å². The van der Waals surface area contributed by atoms with Crippen LogP contribution in [0.4, 0.5) is 13.2 Å². The summed E-state index contributed by atoms with van der Waals surface area (Å²) in [6.07, 6.45) is -2.87. The fourth-order valence-corrected chi connectivity index (χ4v) is 4.81. The van der Waals surface area contributed by atoms with E-state index in [0.29, 0.717) is 39.2 Å². The van der Waals surface area contributed by atoms with Crippen LogP contribution in [-0.4, -0.2) is 48.8 Å². The first-order chi connectivity index (χ1) is 18.2. The number of carbonyl (C=O) groups is 1. The minimum atomic E-state index is -4.72. The van der Waals surface area contributed by atoms with Gasteiger partial charge in [-0.2, -0.15) is 0 Å². The van der Waals surface area contributed by atoms with E-state index in [4.69, 9.17) is 4.74 Å². The summed E-state index contributed by atoms with van der Waals surface area (Å²) in [7, 11) is 1.83. The quantitative estimate of drug-likeness (QED) is 0.311. The molecule has 8 heteroatoms. The van der Waals surface area contributed by atoms with Crippen LogP contribution in [0.25, 0.3) is 0 Å². The zero-order chi connectivity index (χ0) is 27.0. The van der Waals surface area contributed by atoms with Gasteiger partial charge in [0.25, 0.3) is 0 Å². The highest BCUT2D eigenvalue weighted by Gasteiger charge is 2.38. The number of halogens is 3. The molecule has 4 rings (SSSR count). The summed E-state index contributed by atoms with van der Waals surface area (Å²) in [5, 5.41) is 0. The lowest BCUT2D eigenvalue weighted by atomic mass is 9.75. The van der Waals surface area contributed by atoms with Crippen molar-refractivity contribution in [3.05, 3.63) is 96.1 Å². The fraction of sp³-hybridized carbons (Fsp3) is 0.367. The molecule has 0 N–H and O–H groups in total. The highest BCUT2D eigenvalue weighted by Crippen LogP contribution is 2.37. The van der Waals surface area contributed by atoms with Gasteiger partial charge in [-0.15, -0.1) is 13.2 Å². The lowest BCUT2D eigenvalue weighted by molar-refractivity contribution is -0.274. The summed E-state index contributed by atoms with van der Waals surface area (Å²) in [4.78, 5) is 17.3. The standard InChI is InChI=1S/C30H33F3N2O3/c1-34(21-24-9-4-2-5-10-24)28(36)20-29(23-37-26-12-6-3-7-13-26)15-17-35(18-16-29)22-25-11-8-14-27(19-25)38-30(31,32)33/h2-14,19H,15-18,20-23H2,1H3. The van der Waals surface area contributed by atoms with E-state index in [1.807, 2.05) is 67.7 Å². The number of alkyl halides is 3. The Balaban J connectivity index is 1.40. The number of ether oxygens (including phenoxy) is 2. The van der Waals surface area contributed by atoms with E-state index in [9.17, 15) is 18.0 Å². The van der Waals surface area contributed by atoms with Crippen molar-refractivity contribution in [2.45, 2.75) is 38.7 Å². The van der Waals surface area contributed by atoms with Crippen LogP contribution in [0.2, 0.25) is 0 Å². The molecule has 202 valence electrons. The van der Waals surface area contributed by atoms with Crippen molar-refractivity contribution in [2.75, 3.05) is 26.7 Å². The molecule has 3 aromatic rings. The maximum Gasteiger partial charge on any atom is 0.573 e. The number of benzene rings is 3. The number of piperidine rings is 1. The van der Waals surface area contributed by atoms with E-state index >= 15 is 0 Å². The van der Waals surface area contributed by atoms with Crippen LogP contribution in [0.5, 0.6) is 11.5 Å². The molecule has 0 saturated carbocycles. The highest BCUT2D eigenvalue weighted by atomic mass is 19.4. The van der Waals surface area contributed by atoms with Gasteiger partial charge in [0.1, 0.15) is 11.5 Å². The van der Waals surface area contributed by atoms with Crippen molar-refractivity contribution in [3.63, 3.8) is 0 Å². The molecule has 1 aliphatic rings. The van der Waals surface area contributed by atoms with E-state index in [1.54, 1.807) is 17.0 Å². The average molecular weight is 527 g/mol. The molecule has 3 aromatic carbocycles. The number of carbonyl (C=O) groups excluding carboxylic acids is 1. The normalized spacial score (nSPS) is 15.6. The maximum atomic E-state index is 13.3. The second-order valence-electron chi connectivity index (χ2n) is 9.99. The molecular weight excluding hydrogens is 493 g/mol. The second-order valence-corrected chi connectivity index (χ2v) is 9.99. The van der Waals surface area contributed by atoms with Gasteiger partial charge in [-0.3, -0.25) is 9.69 Å². The molecule has 1 saturated heterocycles. The van der Waals surface area contributed by atoms with E-state index in [-0.39, 0.29) is 17.1 Å². The molecule has 0 spiro atoms. The number of hydrogen-bond acceptors (Lipinski definition) is 4. The van der Waals surface area contributed by atoms with Crippen molar-refractivity contribution in [3.8, 4) is 11.5 Å². The third-order valence-corrected chi connectivity index (χ3v) is 6.96. The van der Waals surface area contributed by atoms with Gasteiger partial charge in [-0.05, 0) is 61.3 Å². The van der Waals surface area contributed by atoms with Gasteiger partial charge in [0, 0.05) is 32.0 Å². The molecular formula is C30H33F3N2O3. The van der Waals surface area contributed by atoms with E-state index in [1.165, 1.54) is 12.1 Å². The molecule has 0 aromatic heterocycles. The third kappa shape index (κ3) is 8.25. The Morgan fingerprint density at radius 2 is 1.50 bits per heavy atom. The molecule has 0 unspecified atom stereocenters. The van der Waals surface area contributed by atoms with Crippen LogP contribution in [0.15, 0.2) is 84.9 Å². The third-order valence-electron chi connectivity index (χ3n) is 6.96. The van der Waals surface area contributed by atoms with Crippen LogP contribution in [0, 0.1) is 5.41 Å². The Bertz CT molecular complexity index is 1160. The second kappa shape index (κ2) is 12.3. The van der Waals surface area contributed by atoms with Crippen LogP contribution >= 0.6 is 0 Å². The summed E-state index contributed by atoms with van der Waals surface area (Å²) in [5.41, 5.74) is 1.48. The zero-order valence-corrected chi connectivity index (χ0v) is 21.5. The van der Waals surface area contributed by atoms with Crippen molar-refractivity contribution < 1.29 is 27.4 Å². The molecule has 0 bridgehead atoms. The van der Waals surface area contributed by atoms with E-state index in [2.05, 4.69) is 9.64 Å². The minimum absolute atomic E-state index is 0.0657. The largest absolute Gasteiger partial charge is 0.573 e. The Kier molecular flexibility index (Phi) is 8.94. The predicted molar refractivity (Wildman–Crippen MR) is 140 cm³/mol. The first-order valence-corrected chi connectivity index (χ1v) is 12.7. The van der Waals surface area contributed by atoms with Crippen molar-refractivity contribution in [1.82, 2.24) is 9.80 Å². The number of para-hydroxylation sites is 1. The molecule has 1 heterocycles. The Morgan fingerprint density at radius 1 is 0.895 bits per heavy atom. The fourth-order valence-electron chi connectivity index (χ4n) is 4.81. The lowest BCUT2D eigenvalue weighted by Crippen LogP contribution is -2.45. The first-order valence-electron chi connectivity index (χ1n) is 12.7. The SMILES string of the molecule is CN(Cc1ccccc1)C(=O)CC1(COc2ccccc2)CCN(Cc2cccc(OC(F)(F)F)c2)CC1. The van der Waals surface area contributed by atoms with Crippen molar-refractivity contribution >= 4 is 5.91 Å². The van der Waals surface area contributed by atoms with E-state index in [0.717, 1.165) is 29.7 Å². The summed E-state index contributed by atoms with van der Waals surface area (Å²) in [6, 6.07) is 25.6. The van der Waals surface area contributed by atoms with Gasteiger partial charge in [0.05, 0.1) is 6.61 Å². The van der Waals surface area contributed by atoms with Gasteiger partial charge in [0.2, 0.25) is 5.91 Å². The van der Waals surface area contributed by atoms with Gasteiger partial charge in [0.15, 0.2) is 0 Å². The molecule has 1 amide bonds. The van der Waals surface area contributed by atoms with Gasteiger partial charge in [-0.1, -0.05) is 60.7 Å². The molecule has 0 radical (unpaired) electrons. The predicted octanol–water partition coefficient (Wildman–Crippen LogP) is 6.30. The molecule has 1 fully saturated rings. The number of hydrogen-bond donors (Lipinski definition) is 0. The van der Waals surface area contributed by atoms with Gasteiger partial charge in [-0.25, -0.2) is 0 Å². The number of rotatable bonds is 10. The Labute approximate surface area is 221 Å². The number of amides is 1. The van der Waals surface area contributed by atoms with Crippen LogP contribution in [-0.2, 0) is 17.9 Å². The molecule has 0 aliphatic carbocycles.